The quantitative estimate of drug-likeness (QED) is 0.576. The summed E-state index contributed by atoms with van der Waals surface area (Å²) in [5, 5.41) is 0. The van der Waals surface area contributed by atoms with Gasteiger partial charge < -0.3 is 4.90 Å². The van der Waals surface area contributed by atoms with E-state index in [1.165, 1.54) is 0 Å². The van der Waals surface area contributed by atoms with Gasteiger partial charge >= 0.3 is 0 Å². The fraction of sp³-hybridized carbons (Fsp3) is 0.286. The molecular weight excluding hydrogens is 214 g/mol. The van der Waals surface area contributed by atoms with E-state index in [-0.39, 0.29) is 11.6 Å². The summed E-state index contributed by atoms with van der Waals surface area (Å²) >= 11 is 0. The van der Waals surface area contributed by atoms with Crippen LogP contribution < -0.4 is 0 Å². The van der Waals surface area contributed by atoms with Crippen molar-refractivity contribution in [2.75, 3.05) is 13.6 Å². The molecule has 17 heavy (non-hydrogen) atoms. The molecule has 0 saturated heterocycles. The highest BCUT2D eigenvalue weighted by Gasteiger charge is 2.34. The van der Waals surface area contributed by atoms with Gasteiger partial charge in [-0.15, -0.1) is 0 Å². The number of hydrogen-bond acceptors (Lipinski definition) is 3. The zero-order valence-electron chi connectivity index (χ0n) is 10.3. The van der Waals surface area contributed by atoms with Crippen LogP contribution in [0.1, 0.15) is 34.6 Å². The molecule has 0 heterocycles. The molecule has 3 heteroatoms. The average Bonchev–Trinajstić information content (AvgIpc) is 2.61. The number of nitrogens with zero attached hydrogens (tertiary/aromatic N) is 1. The van der Waals surface area contributed by atoms with E-state index in [1.807, 2.05) is 25.8 Å². The van der Waals surface area contributed by atoms with Gasteiger partial charge in [0.15, 0.2) is 11.6 Å². The van der Waals surface area contributed by atoms with Crippen molar-refractivity contribution in [3.63, 3.8) is 0 Å². The Balaban J connectivity index is 2.57. The summed E-state index contributed by atoms with van der Waals surface area (Å²) in [5.41, 5.74) is 2.11. The average molecular weight is 229 g/mol. The number of fused-ring (bicyclic) bond motifs is 1. The van der Waals surface area contributed by atoms with Crippen LogP contribution in [0.25, 0.3) is 0 Å². The summed E-state index contributed by atoms with van der Waals surface area (Å²) in [6.07, 6.45) is 0. The van der Waals surface area contributed by atoms with Crippen LogP contribution in [-0.2, 0) is 0 Å². The zero-order valence-corrected chi connectivity index (χ0v) is 10.3. The van der Waals surface area contributed by atoms with E-state index in [9.17, 15) is 9.59 Å². The molecule has 1 aliphatic rings. The number of carbonyl (C=O) groups is 2. The number of rotatable bonds is 2. The summed E-state index contributed by atoms with van der Waals surface area (Å²) < 4.78 is 0. The van der Waals surface area contributed by atoms with Crippen molar-refractivity contribution in [2.45, 2.75) is 13.8 Å². The van der Waals surface area contributed by atoms with Crippen LogP contribution in [0.4, 0.5) is 0 Å². The van der Waals surface area contributed by atoms with Crippen LogP contribution in [0.5, 0.6) is 0 Å². The fourth-order valence-corrected chi connectivity index (χ4v) is 2.01. The van der Waals surface area contributed by atoms with Crippen molar-refractivity contribution in [2.24, 2.45) is 0 Å². The topological polar surface area (TPSA) is 37.4 Å². The highest BCUT2D eigenvalue weighted by atomic mass is 16.2. The summed E-state index contributed by atoms with van der Waals surface area (Å²) in [5.74, 6) is -0.299. The van der Waals surface area contributed by atoms with Gasteiger partial charge in [0, 0.05) is 30.4 Å². The van der Waals surface area contributed by atoms with Crippen LogP contribution >= 0.6 is 0 Å². The highest BCUT2D eigenvalue weighted by molar-refractivity contribution is 6.39. The molecule has 88 valence electrons. The first-order valence-corrected chi connectivity index (χ1v) is 5.68. The number of benzene rings is 1. The lowest BCUT2D eigenvalue weighted by molar-refractivity contribution is 0.0983. The summed E-state index contributed by atoms with van der Waals surface area (Å²) in [6.45, 7) is 4.58. The number of allylic oxidation sites excluding steroid dienone is 2. The standard InChI is InChI=1S/C14H15NO2/c1-4-15(3)9(2)12-13(16)10-7-5-6-8-11(10)14(12)17/h5-8H,4H2,1-3H3. The number of hydrogen-bond donors (Lipinski definition) is 0. The van der Waals surface area contributed by atoms with Gasteiger partial charge in [0.05, 0.1) is 5.57 Å². The van der Waals surface area contributed by atoms with E-state index >= 15 is 0 Å². The molecule has 0 aliphatic heterocycles. The van der Waals surface area contributed by atoms with Crippen LogP contribution in [0.2, 0.25) is 0 Å². The van der Waals surface area contributed by atoms with E-state index < -0.39 is 0 Å². The lowest BCUT2D eigenvalue weighted by atomic mass is 10.1. The molecule has 0 bridgehead atoms. The fourth-order valence-electron chi connectivity index (χ4n) is 2.01. The molecule has 0 fully saturated rings. The van der Waals surface area contributed by atoms with Gasteiger partial charge in [-0.05, 0) is 13.8 Å². The maximum absolute atomic E-state index is 12.2. The third-order valence-corrected chi connectivity index (χ3v) is 3.28. The van der Waals surface area contributed by atoms with Gasteiger partial charge in [-0.25, -0.2) is 0 Å². The first kappa shape index (κ1) is 11.6. The molecule has 0 N–H and O–H groups in total. The molecule has 0 unspecified atom stereocenters. The van der Waals surface area contributed by atoms with Crippen molar-refractivity contribution in [1.82, 2.24) is 4.90 Å². The van der Waals surface area contributed by atoms with Crippen LogP contribution in [0.15, 0.2) is 35.5 Å². The molecular formula is C14H15NO2. The van der Waals surface area contributed by atoms with Crippen LogP contribution in [-0.4, -0.2) is 30.1 Å². The normalized spacial score (nSPS) is 13.9. The summed E-state index contributed by atoms with van der Waals surface area (Å²) in [4.78, 5) is 26.2. The van der Waals surface area contributed by atoms with Crippen molar-refractivity contribution in [3.05, 3.63) is 46.7 Å². The Morgan fingerprint density at radius 2 is 1.59 bits per heavy atom. The van der Waals surface area contributed by atoms with Crippen molar-refractivity contribution < 1.29 is 9.59 Å². The monoisotopic (exact) mass is 229 g/mol. The van der Waals surface area contributed by atoms with E-state index in [0.29, 0.717) is 16.7 Å². The Morgan fingerprint density at radius 1 is 1.12 bits per heavy atom. The SMILES string of the molecule is CCN(C)C(C)=C1C(=O)c2ccccc2C1=O. The first-order valence-electron chi connectivity index (χ1n) is 5.68. The van der Waals surface area contributed by atoms with E-state index in [0.717, 1.165) is 12.2 Å². The molecule has 1 aromatic rings. The Labute approximate surface area is 101 Å². The van der Waals surface area contributed by atoms with E-state index in [4.69, 9.17) is 0 Å². The lowest BCUT2D eigenvalue weighted by Gasteiger charge is -2.18. The predicted octanol–water partition coefficient (Wildman–Crippen LogP) is 2.29. The second-order valence-corrected chi connectivity index (χ2v) is 4.18. The maximum atomic E-state index is 12.2. The Kier molecular flexibility index (Phi) is 2.84. The van der Waals surface area contributed by atoms with Crippen molar-refractivity contribution >= 4 is 11.6 Å². The van der Waals surface area contributed by atoms with Gasteiger partial charge in [-0.3, -0.25) is 9.59 Å². The van der Waals surface area contributed by atoms with E-state index in [1.54, 1.807) is 24.3 Å². The molecule has 0 aromatic heterocycles. The van der Waals surface area contributed by atoms with Crippen molar-refractivity contribution in [3.8, 4) is 0 Å². The van der Waals surface area contributed by atoms with Gasteiger partial charge in [-0.1, -0.05) is 24.3 Å². The Bertz CT molecular complexity index is 492. The maximum Gasteiger partial charge on any atom is 0.199 e. The Morgan fingerprint density at radius 3 is 2.00 bits per heavy atom. The van der Waals surface area contributed by atoms with Crippen LogP contribution in [0.3, 0.4) is 0 Å². The minimum Gasteiger partial charge on any atom is -0.378 e. The molecule has 2 rings (SSSR count). The minimum absolute atomic E-state index is 0.150. The number of Topliss-reactive ketones (excluding diaryl/α,β-unsaturated/α-hetero) is 2. The zero-order chi connectivity index (χ0) is 12.6. The van der Waals surface area contributed by atoms with Gasteiger partial charge in [0.2, 0.25) is 0 Å². The first-order chi connectivity index (χ1) is 8.07. The molecule has 0 amide bonds. The van der Waals surface area contributed by atoms with E-state index in [2.05, 4.69) is 0 Å². The number of ketones is 2. The minimum atomic E-state index is -0.150. The lowest BCUT2D eigenvalue weighted by Crippen LogP contribution is -2.20. The Hall–Kier alpha value is -1.90. The van der Waals surface area contributed by atoms with Gasteiger partial charge in [0.25, 0.3) is 0 Å². The second-order valence-electron chi connectivity index (χ2n) is 4.18. The summed E-state index contributed by atoms with van der Waals surface area (Å²) in [6, 6.07) is 6.99. The molecule has 0 radical (unpaired) electrons. The molecule has 1 aliphatic carbocycles. The number of carbonyl (C=O) groups excluding carboxylic acids is 2. The highest BCUT2D eigenvalue weighted by Crippen LogP contribution is 2.28. The van der Waals surface area contributed by atoms with Gasteiger partial charge in [0.1, 0.15) is 0 Å². The smallest absolute Gasteiger partial charge is 0.199 e. The third kappa shape index (κ3) is 1.68. The molecule has 0 saturated carbocycles. The molecule has 3 nitrogen and oxygen atoms in total. The van der Waals surface area contributed by atoms with Crippen molar-refractivity contribution in [1.29, 1.82) is 0 Å². The third-order valence-electron chi connectivity index (χ3n) is 3.28. The molecule has 0 spiro atoms. The predicted molar refractivity (Wildman–Crippen MR) is 66.1 cm³/mol. The second kappa shape index (κ2) is 4.17. The molecule has 0 atom stereocenters. The largest absolute Gasteiger partial charge is 0.378 e. The molecule has 1 aromatic carbocycles. The summed E-state index contributed by atoms with van der Waals surface area (Å²) in [7, 11) is 1.88. The van der Waals surface area contributed by atoms with Gasteiger partial charge in [-0.2, -0.15) is 0 Å². The van der Waals surface area contributed by atoms with Crippen LogP contribution in [0, 0.1) is 0 Å².